The smallest absolute Gasteiger partial charge is 0.151 e. The molecular formula is C11H14N4. The van der Waals surface area contributed by atoms with Gasteiger partial charge >= 0.3 is 0 Å². The summed E-state index contributed by atoms with van der Waals surface area (Å²) in [7, 11) is 0. The molecule has 0 aliphatic heterocycles. The summed E-state index contributed by atoms with van der Waals surface area (Å²) in [5.41, 5.74) is 3.53. The number of para-hydroxylation sites is 1. The highest BCUT2D eigenvalue weighted by molar-refractivity contribution is 5.88. The highest BCUT2D eigenvalue weighted by Gasteiger charge is 2.08. The Morgan fingerprint density at radius 1 is 1.20 bits per heavy atom. The lowest BCUT2D eigenvalue weighted by Crippen LogP contribution is -2.11. The molecule has 0 fully saturated rings. The molecule has 0 saturated carbocycles. The first-order chi connectivity index (χ1) is 7.22. The molecule has 1 aromatic carbocycles. The van der Waals surface area contributed by atoms with Gasteiger partial charge in [-0.25, -0.2) is 15.8 Å². The maximum atomic E-state index is 5.44. The molecule has 4 nitrogen and oxygen atoms in total. The summed E-state index contributed by atoms with van der Waals surface area (Å²) >= 11 is 0. The minimum absolute atomic E-state index is 0.293. The van der Waals surface area contributed by atoms with Crippen molar-refractivity contribution >= 4 is 16.7 Å². The first-order valence-corrected chi connectivity index (χ1v) is 4.95. The first-order valence-electron chi connectivity index (χ1n) is 4.95. The number of aromatic nitrogens is 2. The zero-order valence-corrected chi connectivity index (χ0v) is 8.86. The predicted molar refractivity (Wildman–Crippen MR) is 61.4 cm³/mol. The van der Waals surface area contributed by atoms with Crippen LogP contribution in [0.25, 0.3) is 10.9 Å². The second-order valence-corrected chi connectivity index (χ2v) is 3.75. The van der Waals surface area contributed by atoms with Gasteiger partial charge in [0, 0.05) is 11.3 Å². The molecule has 1 aromatic heterocycles. The van der Waals surface area contributed by atoms with Crippen molar-refractivity contribution in [1.29, 1.82) is 0 Å². The third-order valence-electron chi connectivity index (χ3n) is 2.27. The van der Waals surface area contributed by atoms with Gasteiger partial charge in [-0.15, -0.1) is 0 Å². The predicted octanol–water partition coefficient (Wildman–Crippen LogP) is 2.04. The molecule has 78 valence electrons. The first kappa shape index (κ1) is 9.86. The van der Waals surface area contributed by atoms with Crippen LogP contribution in [0.4, 0.5) is 5.82 Å². The molecule has 15 heavy (non-hydrogen) atoms. The molecule has 2 rings (SSSR count). The number of nitrogen functional groups attached to an aromatic ring is 1. The molecule has 0 aliphatic rings. The number of anilines is 1. The molecule has 0 spiro atoms. The van der Waals surface area contributed by atoms with E-state index in [2.05, 4.69) is 29.2 Å². The molecule has 0 amide bonds. The summed E-state index contributed by atoms with van der Waals surface area (Å²) in [6.45, 7) is 4.12. The van der Waals surface area contributed by atoms with Crippen molar-refractivity contribution < 1.29 is 0 Å². The van der Waals surface area contributed by atoms with Gasteiger partial charge in [0.1, 0.15) is 5.82 Å². The van der Waals surface area contributed by atoms with E-state index >= 15 is 0 Å². The Bertz CT molecular complexity index is 479. The quantitative estimate of drug-likeness (QED) is 0.577. The van der Waals surface area contributed by atoms with E-state index in [1.54, 1.807) is 0 Å². The molecule has 2 aromatic rings. The number of hydrogen-bond donors (Lipinski definition) is 2. The molecule has 0 radical (unpaired) electrons. The van der Waals surface area contributed by atoms with Crippen LogP contribution in [0.1, 0.15) is 25.6 Å². The van der Waals surface area contributed by atoms with Crippen LogP contribution in [0.15, 0.2) is 24.3 Å². The summed E-state index contributed by atoms with van der Waals surface area (Å²) in [4.78, 5) is 8.85. The summed E-state index contributed by atoms with van der Waals surface area (Å²) in [6.07, 6.45) is 0. The van der Waals surface area contributed by atoms with Crippen LogP contribution in [-0.4, -0.2) is 9.97 Å². The Morgan fingerprint density at radius 3 is 2.60 bits per heavy atom. The van der Waals surface area contributed by atoms with E-state index in [9.17, 15) is 0 Å². The van der Waals surface area contributed by atoms with Gasteiger partial charge in [0.15, 0.2) is 5.82 Å². The van der Waals surface area contributed by atoms with Crippen molar-refractivity contribution in [2.24, 2.45) is 5.84 Å². The fourth-order valence-electron chi connectivity index (χ4n) is 1.46. The molecule has 0 bridgehead atoms. The number of rotatable bonds is 2. The van der Waals surface area contributed by atoms with Gasteiger partial charge in [-0.2, -0.15) is 0 Å². The zero-order valence-electron chi connectivity index (χ0n) is 8.86. The van der Waals surface area contributed by atoms with Crippen LogP contribution >= 0.6 is 0 Å². The Hall–Kier alpha value is -1.68. The monoisotopic (exact) mass is 202 g/mol. The lowest BCUT2D eigenvalue weighted by molar-refractivity contribution is 0.784. The van der Waals surface area contributed by atoms with Crippen LogP contribution in [0.5, 0.6) is 0 Å². The van der Waals surface area contributed by atoms with Crippen molar-refractivity contribution in [3.8, 4) is 0 Å². The van der Waals surface area contributed by atoms with Crippen LogP contribution in [0.2, 0.25) is 0 Å². The third kappa shape index (κ3) is 1.76. The number of nitrogens with two attached hydrogens (primary N) is 1. The van der Waals surface area contributed by atoms with Gasteiger partial charge < -0.3 is 5.43 Å². The summed E-state index contributed by atoms with van der Waals surface area (Å²) in [5.74, 6) is 7.23. The minimum atomic E-state index is 0.293. The maximum Gasteiger partial charge on any atom is 0.151 e. The van der Waals surface area contributed by atoms with E-state index in [0.29, 0.717) is 11.7 Å². The van der Waals surface area contributed by atoms with E-state index in [1.807, 2.05) is 24.3 Å². The molecule has 4 heteroatoms. The molecule has 0 atom stereocenters. The summed E-state index contributed by atoms with van der Waals surface area (Å²) in [6, 6.07) is 7.82. The van der Waals surface area contributed by atoms with E-state index in [-0.39, 0.29) is 0 Å². The molecular weight excluding hydrogens is 188 g/mol. The number of hydrazine groups is 1. The third-order valence-corrected chi connectivity index (χ3v) is 2.27. The van der Waals surface area contributed by atoms with E-state index in [1.165, 1.54) is 0 Å². The standard InChI is InChI=1S/C11H14N4/c1-7(2)10-13-9-6-4-3-5-8(9)11(14-10)15-12/h3-7H,12H2,1-2H3,(H,13,14,15). The summed E-state index contributed by atoms with van der Waals surface area (Å²) < 4.78 is 0. The Labute approximate surface area is 88.5 Å². The van der Waals surface area contributed by atoms with Crippen LogP contribution in [0.3, 0.4) is 0 Å². The van der Waals surface area contributed by atoms with Crippen molar-refractivity contribution in [2.75, 3.05) is 5.43 Å². The molecule has 3 N–H and O–H groups in total. The lowest BCUT2D eigenvalue weighted by Gasteiger charge is -2.09. The second-order valence-electron chi connectivity index (χ2n) is 3.75. The normalized spacial score (nSPS) is 10.9. The van der Waals surface area contributed by atoms with Crippen LogP contribution in [0, 0.1) is 0 Å². The summed E-state index contributed by atoms with van der Waals surface area (Å²) in [5, 5.41) is 0.949. The number of fused-ring (bicyclic) bond motifs is 1. The molecule has 0 unspecified atom stereocenters. The SMILES string of the molecule is CC(C)c1nc(NN)c2ccccc2n1. The molecule has 1 heterocycles. The van der Waals surface area contributed by atoms with Crippen molar-refractivity contribution in [2.45, 2.75) is 19.8 Å². The lowest BCUT2D eigenvalue weighted by atomic mass is 10.2. The highest BCUT2D eigenvalue weighted by atomic mass is 15.3. The van der Waals surface area contributed by atoms with Gasteiger partial charge in [0.2, 0.25) is 0 Å². The van der Waals surface area contributed by atoms with Crippen molar-refractivity contribution in [3.63, 3.8) is 0 Å². The Kier molecular flexibility index (Phi) is 2.51. The Balaban J connectivity index is 2.71. The zero-order chi connectivity index (χ0) is 10.8. The van der Waals surface area contributed by atoms with Gasteiger partial charge in [0.05, 0.1) is 5.52 Å². The number of benzene rings is 1. The minimum Gasteiger partial charge on any atom is -0.308 e. The highest BCUT2D eigenvalue weighted by Crippen LogP contribution is 2.21. The average Bonchev–Trinajstić information content (AvgIpc) is 2.27. The van der Waals surface area contributed by atoms with E-state index in [0.717, 1.165) is 16.7 Å². The van der Waals surface area contributed by atoms with Crippen LogP contribution < -0.4 is 11.3 Å². The molecule has 0 aliphatic carbocycles. The van der Waals surface area contributed by atoms with E-state index in [4.69, 9.17) is 5.84 Å². The number of nitrogens with zero attached hydrogens (tertiary/aromatic N) is 2. The average molecular weight is 202 g/mol. The number of nitrogens with one attached hydrogen (secondary N) is 1. The second kappa shape index (κ2) is 3.82. The van der Waals surface area contributed by atoms with Crippen LogP contribution in [-0.2, 0) is 0 Å². The Morgan fingerprint density at radius 2 is 1.93 bits per heavy atom. The van der Waals surface area contributed by atoms with Gasteiger partial charge in [-0.05, 0) is 12.1 Å². The van der Waals surface area contributed by atoms with Crippen molar-refractivity contribution in [1.82, 2.24) is 9.97 Å². The fourth-order valence-corrected chi connectivity index (χ4v) is 1.46. The van der Waals surface area contributed by atoms with Gasteiger partial charge in [-0.1, -0.05) is 26.0 Å². The van der Waals surface area contributed by atoms with Crippen molar-refractivity contribution in [3.05, 3.63) is 30.1 Å². The largest absolute Gasteiger partial charge is 0.308 e. The topological polar surface area (TPSA) is 63.8 Å². The fraction of sp³-hybridized carbons (Fsp3) is 0.273. The van der Waals surface area contributed by atoms with Gasteiger partial charge in [-0.3, -0.25) is 0 Å². The number of hydrogen-bond acceptors (Lipinski definition) is 4. The van der Waals surface area contributed by atoms with Gasteiger partial charge in [0.25, 0.3) is 0 Å². The maximum absolute atomic E-state index is 5.44. The van der Waals surface area contributed by atoms with E-state index < -0.39 is 0 Å². The molecule has 0 saturated heterocycles.